The van der Waals surface area contributed by atoms with Gasteiger partial charge < -0.3 is 4.90 Å². The van der Waals surface area contributed by atoms with Crippen molar-refractivity contribution in [1.29, 1.82) is 0 Å². The molecule has 120 valence electrons. The van der Waals surface area contributed by atoms with Crippen LogP contribution in [0.5, 0.6) is 0 Å². The van der Waals surface area contributed by atoms with Crippen molar-refractivity contribution in [3.63, 3.8) is 0 Å². The number of likely N-dealkylation sites (tertiary alicyclic amines) is 1. The third-order valence-corrected chi connectivity index (χ3v) is 4.92. The predicted octanol–water partition coefficient (Wildman–Crippen LogP) is 0.807. The Bertz CT molecular complexity index is 697. The number of carbonyl (C=O) groups is 2. The lowest BCUT2D eigenvalue weighted by Crippen LogP contribution is -2.43. The zero-order valence-corrected chi connectivity index (χ0v) is 13.1. The SMILES string of the molecule is Cc1cc(F)cc(S(=O)(=O)NC(=O)C2CCN(C)C(=O)C2)c1. The summed E-state index contributed by atoms with van der Waals surface area (Å²) in [5.74, 6) is -2.32. The maximum atomic E-state index is 13.3. The third-order valence-electron chi connectivity index (χ3n) is 3.59. The average molecular weight is 328 g/mol. The van der Waals surface area contributed by atoms with E-state index in [2.05, 4.69) is 0 Å². The normalized spacial score (nSPS) is 19.1. The van der Waals surface area contributed by atoms with E-state index in [1.165, 1.54) is 17.0 Å². The molecule has 0 aromatic heterocycles. The lowest BCUT2D eigenvalue weighted by molar-refractivity contribution is -0.138. The van der Waals surface area contributed by atoms with Crippen molar-refractivity contribution in [3.8, 4) is 0 Å². The molecule has 1 atom stereocenters. The molecule has 22 heavy (non-hydrogen) atoms. The summed E-state index contributed by atoms with van der Waals surface area (Å²) >= 11 is 0. The Morgan fingerprint density at radius 2 is 2.05 bits per heavy atom. The van der Waals surface area contributed by atoms with Crippen LogP contribution in [0.2, 0.25) is 0 Å². The molecule has 6 nitrogen and oxygen atoms in total. The first kappa shape index (κ1) is 16.4. The summed E-state index contributed by atoms with van der Waals surface area (Å²) in [6.07, 6.45) is 0.367. The maximum Gasteiger partial charge on any atom is 0.264 e. The molecule has 8 heteroatoms. The number of halogens is 1. The molecule has 1 fully saturated rings. The van der Waals surface area contributed by atoms with Gasteiger partial charge in [0.25, 0.3) is 10.0 Å². The van der Waals surface area contributed by atoms with Crippen LogP contribution >= 0.6 is 0 Å². The number of hydrogen-bond donors (Lipinski definition) is 1. The number of carbonyl (C=O) groups excluding carboxylic acids is 2. The Hall–Kier alpha value is -1.96. The number of nitrogens with one attached hydrogen (secondary N) is 1. The highest BCUT2D eigenvalue weighted by atomic mass is 32.2. The van der Waals surface area contributed by atoms with E-state index in [9.17, 15) is 22.4 Å². The molecular weight excluding hydrogens is 311 g/mol. The minimum atomic E-state index is -4.15. The zero-order chi connectivity index (χ0) is 16.5. The number of amides is 2. The number of aryl methyl sites for hydroxylation is 1. The third kappa shape index (κ3) is 3.62. The van der Waals surface area contributed by atoms with Gasteiger partial charge in [-0.05, 0) is 37.1 Å². The number of rotatable bonds is 3. The van der Waals surface area contributed by atoms with Crippen LogP contribution in [0.1, 0.15) is 18.4 Å². The molecule has 1 aliphatic heterocycles. The van der Waals surface area contributed by atoms with Crippen LogP contribution in [-0.4, -0.2) is 38.7 Å². The monoisotopic (exact) mass is 328 g/mol. The Morgan fingerprint density at radius 1 is 1.36 bits per heavy atom. The second-order valence-electron chi connectivity index (χ2n) is 5.44. The minimum Gasteiger partial charge on any atom is -0.346 e. The number of hydrogen-bond acceptors (Lipinski definition) is 4. The maximum absolute atomic E-state index is 13.3. The summed E-state index contributed by atoms with van der Waals surface area (Å²) in [7, 11) is -2.52. The molecule has 1 aromatic carbocycles. The van der Waals surface area contributed by atoms with Crippen molar-refractivity contribution in [2.24, 2.45) is 5.92 Å². The summed E-state index contributed by atoms with van der Waals surface area (Å²) < 4.78 is 39.5. The van der Waals surface area contributed by atoms with Crippen molar-refractivity contribution < 1.29 is 22.4 Å². The molecule has 0 bridgehead atoms. The number of nitrogens with zero attached hydrogens (tertiary/aromatic N) is 1. The van der Waals surface area contributed by atoms with Crippen molar-refractivity contribution >= 4 is 21.8 Å². The van der Waals surface area contributed by atoms with Gasteiger partial charge in [-0.15, -0.1) is 0 Å². The van der Waals surface area contributed by atoms with Crippen LogP contribution in [-0.2, 0) is 19.6 Å². The van der Waals surface area contributed by atoms with Gasteiger partial charge in [0, 0.05) is 25.9 Å². The molecule has 1 aliphatic rings. The predicted molar refractivity (Wildman–Crippen MR) is 76.8 cm³/mol. The molecule has 0 radical (unpaired) electrons. The topological polar surface area (TPSA) is 83.6 Å². The van der Waals surface area contributed by atoms with Gasteiger partial charge >= 0.3 is 0 Å². The van der Waals surface area contributed by atoms with E-state index in [1.54, 1.807) is 14.0 Å². The molecule has 2 rings (SSSR count). The van der Waals surface area contributed by atoms with Gasteiger partial charge in [0.1, 0.15) is 5.82 Å². The van der Waals surface area contributed by atoms with E-state index in [1.807, 2.05) is 4.72 Å². The number of benzene rings is 1. The smallest absolute Gasteiger partial charge is 0.264 e. The Morgan fingerprint density at radius 3 is 2.64 bits per heavy atom. The quantitative estimate of drug-likeness (QED) is 0.890. The molecule has 1 heterocycles. The summed E-state index contributed by atoms with van der Waals surface area (Å²) in [5, 5.41) is 0. The van der Waals surface area contributed by atoms with E-state index >= 15 is 0 Å². The Labute approximate surface area is 128 Å². The van der Waals surface area contributed by atoms with Crippen molar-refractivity contribution in [2.45, 2.75) is 24.7 Å². The highest BCUT2D eigenvalue weighted by molar-refractivity contribution is 7.90. The summed E-state index contributed by atoms with van der Waals surface area (Å²) in [5.41, 5.74) is 0.433. The van der Waals surface area contributed by atoms with E-state index in [0.717, 1.165) is 6.07 Å². The van der Waals surface area contributed by atoms with Gasteiger partial charge in [0.05, 0.1) is 4.90 Å². The van der Waals surface area contributed by atoms with Crippen LogP contribution < -0.4 is 4.72 Å². The highest BCUT2D eigenvalue weighted by Crippen LogP contribution is 2.19. The van der Waals surface area contributed by atoms with E-state index in [-0.39, 0.29) is 17.2 Å². The molecule has 2 amide bonds. The first-order chi connectivity index (χ1) is 10.2. The van der Waals surface area contributed by atoms with Crippen LogP contribution in [0.4, 0.5) is 4.39 Å². The van der Waals surface area contributed by atoms with Crippen LogP contribution in [0, 0.1) is 18.7 Å². The highest BCUT2D eigenvalue weighted by Gasteiger charge is 2.31. The Kier molecular flexibility index (Phi) is 4.50. The molecule has 1 unspecified atom stereocenters. The largest absolute Gasteiger partial charge is 0.346 e. The molecule has 0 spiro atoms. The fourth-order valence-electron chi connectivity index (χ4n) is 2.30. The summed E-state index contributed by atoms with van der Waals surface area (Å²) in [4.78, 5) is 24.8. The molecule has 0 aliphatic carbocycles. The van der Waals surface area contributed by atoms with Gasteiger partial charge in [0.2, 0.25) is 11.8 Å². The number of piperidine rings is 1. The standard InChI is InChI=1S/C14H17FN2O4S/c1-9-5-11(15)8-12(6-9)22(20,21)16-14(19)10-3-4-17(2)13(18)7-10/h5-6,8,10H,3-4,7H2,1-2H3,(H,16,19). The van der Waals surface area contributed by atoms with E-state index in [0.29, 0.717) is 18.5 Å². The van der Waals surface area contributed by atoms with Crippen LogP contribution in [0.3, 0.4) is 0 Å². The fraction of sp³-hybridized carbons (Fsp3) is 0.429. The van der Waals surface area contributed by atoms with Crippen molar-refractivity contribution in [3.05, 3.63) is 29.6 Å². The van der Waals surface area contributed by atoms with Crippen LogP contribution in [0.25, 0.3) is 0 Å². The lowest BCUT2D eigenvalue weighted by atomic mass is 9.96. The molecule has 0 saturated carbocycles. The zero-order valence-electron chi connectivity index (χ0n) is 12.3. The first-order valence-electron chi connectivity index (χ1n) is 6.77. The van der Waals surface area contributed by atoms with E-state index < -0.39 is 27.7 Å². The molecular formula is C14H17FN2O4S. The summed E-state index contributed by atoms with van der Waals surface area (Å²) in [6.45, 7) is 1.95. The summed E-state index contributed by atoms with van der Waals surface area (Å²) in [6, 6.07) is 3.32. The second kappa shape index (κ2) is 6.04. The van der Waals surface area contributed by atoms with Gasteiger partial charge in [-0.3, -0.25) is 9.59 Å². The second-order valence-corrected chi connectivity index (χ2v) is 7.12. The first-order valence-corrected chi connectivity index (χ1v) is 8.25. The lowest BCUT2D eigenvalue weighted by Gasteiger charge is -2.27. The van der Waals surface area contributed by atoms with Gasteiger partial charge in [-0.1, -0.05) is 0 Å². The average Bonchev–Trinajstić information content (AvgIpc) is 2.40. The molecule has 1 N–H and O–H groups in total. The van der Waals surface area contributed by atoms with Gasteiger partial charge in [-0.25, -0.2) is 17.5 Å². The van der Waals surface area contributed by atoms with Gasteiger partial charge in [0.15, 0.2) is 0 Å². The van der Waals surface area contributed by atoms with Crippen LogP contribution in [0.15, 0.2) is 23.1 Å². The fourth-order valence-corrected chi connectivity index (χ4v) is 3.46. The minimum absolute atomic E-state index is 0.0277. The van der Waals surface area contributed by atoms with E-state index in [4.69, 9.17) is 0 Å². The molecule has 1 aromatic rings. The van der Waals surface area contributed by atoms with Crippen molar-refractivity contribution in [2.75, 3.05) is 13.6 Å². The number of sulfonamides is 1. The molecule has 1 saturated heterocycles. The van der Waals surface area contributed by atoms with Gasteiger partial charge in [-0.2, -0.15) is 0 Å². The van der Waals surface area contributed by atoms with Crippen molar-refractivity contribution in [1.82, 2.24) is 9.62 Å². The Balaban J connectivity index is 2.15.